The number of nitrogens with zero attached hydrogens (tertiary/aromatic N) is 2. The second-order valence-electron chi connectivity index (χ2n) is 2.88. The molecule has 0 radical (unpaired) electrons. The van der Waals surface area contributed by atoms with Crippen LogP contribution in [0.3, 0.4) is 0 Å². The van der Waals surface area contributed by atoms with Crippen LogP contribution in [0.2, 0.25) is 0 Å². The molecule has 0 N–H and O–H groups in total. The molecule has 2 rings (SSSR count). The van der Waals surface area contributed by atoms with Crippen LogP contribution in [0.1, 0.15) is 0 Å². The van der Waals surface area contributed by atoms with E-state index in [2.05, 4.69) is 9.98 Å². The fourth-order valence-corrected chi connectivity index (χ4v) is 1.62. The minimum atomic E-state index is -0.129. The lowest BCUT2D eigenvalue weighted by molar-refractivity contribution is -0.104. The van der Waals surface area contributed by atoms with Gasteiger partial charge in [0.15, 0.2) is 6.29 Å². The van der Waals surface area contributed by atoms with E-state index in [0.29, 0.717) is 10.7 Å². The quantitative estimate of drug-likeness (QED) is 0.581. The number of rotatable bonds is 1. The van der Waals surface area contributed by atoms with Crippen molar-refractivity contribution in [2.75, 3.05) is 0 Å². The van der Waals surface area contributed by atoms with Crippen LogP contribution in [0.25, 0.3) is 0 Å². The highest BCUT2D eigenvalue weighted by atomic mass is 35.5. The standard InChI is InChI=1S/C9H7ClN2O/c10-9-8-7(1-2-11-9)3-6(5-13)4-12-8/h1-5,7-8H. The molecule has 66 valence electrons. The van der Waals surface area contributed by atoms with Gasteiger partial charge in [-0.2, -0.15) is 0 Å². The number of hydrogen-bond donors (Lipinski definition) is 0. The number of halogens is 1. The number of carbonyl (C=O) groups is 1. The van der Waals surface area contributed by atoms with E-state index in [4.69, 9.17) is 11.6 Å². The predicted molar refractivity (Wildman–Crippen MR) is 52.3 cm³/mol. The third-order valence-corrected chi connectivity index (χ3v) is 2.34. The zero-order valence-electron chi connectivity index (χ0n) is 6.72. The molecule has 2 aliphatic rings. The molecule has 0 bridgehead atoms. The van der Waals surface area contributed by atoms with Crippen molar-refractivity contribution >= 4 is 29.3 Å². The number of allylic oxidation sites excluding steroid dienone is 1. The van der Waals surface area contributed by atoms with Gasteiger partial charge in [0.25, 0.3) is 0 Å². The number of dihydropyridines is 1. The first-order valence-electron chi connectivity index (χ1n) is 3.91. The number of carbonyl (C=O) groups excluding carboxylic acids is 1. The fourth-order valence-electron chi connectivity index (χ4n) is 1.36. The maximum atomic E-state index is 10.5. The molecule has 0 aromatic carbocycles. The largest absolute Gasteiger partial charge is 0.298 e. The Hall–Kier alpha value is -1.22. The summed E-state index contributed by atoms with van der Waals surface area (Å²) in [6.45, 7) is 0. The van der Waals surface area contributed by atoms with Crippen LogP contribution in [0.5, 0.6) is 0 Å². The van der Waals surface area contributed by atoms with Crippen molar-refractivity contribution in [3.63, 3.8) is 0 Å². The Morgan fingerprint density at radius 2 is 2.38 bits per heavy atom. The van der Waals surface area contributed by atoms with Gasteiger partial charge >= 0.3 is 0 Å². The van der Waals surface area contributed by atoms with Crippen molar-refractivity contribution in [3.8, 4) is 0 Å². The average Bonchev–Trinajstić information content (AvgIpc) is 2.18. The van der Waals surface area contributed by atoms with E-state index >= 15 is 0 Å². The molecule has 2 aliphatic heterocycles. The Kier molecular flexibility index (Phi) is 2.10. The summed E-state index contributed by atoms with van der Waals surface area (Å²) in [6, 6.07) is -0.129. The van der Waals surface area contributed by atoms with Gasteiger partial charge in [0.1, 0.15) is 11.2 Å². The maximum Gasteiger partial charge on any atom is 0.151 e. The highest BCUT2D eigenvalue weighted by molar-refractivity contribution is 6.67. The first-order valence-corrected chi connectivity index (χ1v) is 4.29. The highest BCUT2D eigenvalue weighted by Gasteiger charge is 2.25. The van der Waals surface area contributed by atoms with E-state index in [-0.39, 0.29) is 12.0 Å². The summed E-state index contributed by atoms with van der Waals surface area (Å²) in [5.41, 5.74) is 0.595. The van der Waals surface area contributed by atoms with Crippen molar-refractivity contribution in [1.29, 1.82) is 0 Å². The van der Waals surface area contributed by atoms with E-state index in [0.717, 1.165) is 6.29 Å². The molecule has 0 aliphatic carbocycles. The van der Waals surface area contributed by atoms with Crippen LogP contribution < -0.4 is 0 Å². The monoisotopic (exact) mass is 194 g/mol. The van der Waals surface area contributed by atoms with Crippen LogP contribution >= 0.6 is 11.6 Å². The van der Waals surface area contributed by atoms with Crippen LogP contribution in [0.4, 0.5) is 0 Å². The van der Waals surface area contributed by atoms with E-state index in [9.17, 15) is 4.79 Å². The molecule has 0 saturated heterocycles. The van der Waals surface area contributed by atoms with E-state index in [1.807, 2.05) is 12.2 Å². The summed E-state index contributed by atoms with van der Waals surface area (Å²) in [7, 11) is 0. The van der Waals surface area contributed by atoms with Gasteiger partial charge < -0.3 is 0 Å². The Bertz CT molecular complexity index is 355. The van der Waals surface area contributed by atoms with Gasteiger partial charge in [0, 0.05) is 23.9 Å². The van der Waals surface area contributed by atoms with Gasteiger partial charge in [-0.1, -0.05) is 23.8 Å². The first kappa shape index (κ1) is 8.38. The minimum Gasteiger partial charge on any atom is -0.298 e. The lowest BCUT2D eigenvalue weighted by Gasteiger charge is -2.22. The molecule has 0 aromatic heterocycles. The summed E-state index contributed by atoms with van der Waals surface area (Å²) in [5.74, 6) is 0.0789. The van der Waals surface area contributed by atoms with Crippen molar-refractivity contribution < 1.29 is 4.79 Å². The van der Waals surface area contributed by atoms with Crippen LogP contribution in [0.15, 0.2) is 33.9 Å². The van der Waals surface area contributed by atoms with Crippen LogP contribution in [-0.4, -0.2) is 23.7 Å². The molecule has 0 amide bonds. The molecule has 0 saturated carbocycles. The summed E-state index contributed by atoms with van der Waals surface area (Å²) < 4.78 is 0. The Morgan fingerprint density at radius 1 is 1.54 bits per heavy atom. The number of hydrogen-bond acceptors (Lipinski definition) is 3. The van der Waals surface area contributed by atoms with Crippen molar-refractivity contribution in [2.45, 2.75) is 6.04 Å². The maximum absolute atomic E-state index is 10.5. The zero-order valence-corrected chi connectivity index (χ0v) is 7.48. The Morgan fingerprint density at radius 3 is 3.15 bits per heavy atom. The molecule has 13 heavy (non-hydrogen) atoms. The van der Waals surface area contributed by atoms with E-state index in [1.54, 1.807) is 6.20 Å². The van der Waals surface area contributed by atoms with Crippen molar-refractivity contribution in [2.24, 2.45) is 15.9 Å². The molecule has 0 spiro atoms. The third kappa shape index (κ3) is 1.47. The Labute approximate surface area is 80.5 Å². The fraction of sp³-hybridized carbons (Fsp3) is 0.222. The number of fused-ring (bicyclic) bond motifs is 1. The SMILES string of the molecule is O=CC1=CC2C=CN=C(Cl)C2N=C1. The van der Waals surface area contributed by atoms with Crippen LogP contribution in [0, 0.1) is 5.92 Å². The Balaban J connectivity index is 2.31. The second kappa shape index (κ2) is 3.26. The molecular weight excluding hydrogens is 188 g/mol. The molecule has 4 heteroatoms. The van der Waals surface area contributed by atoms with E-state index in [1.165, 1.54) is 6.21 Å². The van der Waals surface area contributed by atoms with Gasteiger partial charge in [-0.3, -0.25) is 9.79 Å². The van der Waals surface area contributed by atoms with Gasteiger partial charge in [0.05, 0.1) is 0 Å². The lowest BCUT2D eigenvalue weighted by atomic mass is 9.94. The predicted octanol–water partition coefficient (Wildman–Crippen LogP) is 1.35. The van der Waals surface area contributed by atoms with Gasteiger partial charge in [-0.15, -0.1) is 0 Å². The zero-order chi connectivity index (χ0) is 9.26. The lowest BCUT2D eigenvalue weighted by Crippen LogP contribution is -2.27. The number of aldehydes is 1. The molecule has 2 unspecified atom stereocenters. The summed E-state index contributed by atoms with van der Waals surface area (Å²) in [5, 5.41) is 0.477. The summed E-state index contributed by atoms with van der Waals surface area (Å²) >= 11 is 5.85. The third-order valence-electron chi connectivity index (χ3n) is 2.02. The topological polar surface area (TPSA) is 41.8 Å². The number of aliphatic imine (C=N–C) groups is 2. The van der Waals surface area contributed by atoms with E-state index < -0.39 is 0 Å². The second-order valence-corrected chi connectivity index (χ2v) is 3.27. The summed E-state index contributed by atoms with van der Waals surface area (Å²) in [6.07, 6.45) is 7.69. The smallest absolute Gasteiger partial charge is 0.151 e. The minimum absolute atomic E-state index is 0.0789. The molecular formula is C9H7ClN2O. The molecule has 3 nitrogen and oxygen atoms in total. The van der Waals surface area contributed by atoms with Gasteiger partial charge in [-0.25, -0.2) is 4.99 Å². The average molecular weight is 195 g/mol. The molecule has 0 fully saturated rings. The first-order chi connectivity index (χ1) is 6.31. The normalized spacial score (nSPS) is 30.5. The highest BCUT2D eigenvalue weighted by Crippen LogP contribution is 2.23. The van der Waals surface area contributed by atoms with Gasteiger partial charge in [0.2, 0.25) is 0 Å². The molecule has 0 aromatic rings. The van der Waals surface area contributed by atoms with Gasteiger partial charge in [-0.05, 0) is 0 Å². The van der Waals surface area contributed by atoms with Crippen molar-refractivity contribution in [1.82, 2.24) is 0 Å². The molecule has 2 heterocycles. The van der Waals surface area contributed by atoms with Crippen LogP contribution in [-0.2, 0) is 4.79 Å². The summed E-state index contributed by atoms with van der Waals surface area (Å²) in [4.78, 5) is 18.6. The van der Waals surface area contributed by atoms with Crippen molar-refractivity contribution in [3.05, 3.63) is 23.9 Å². The molecule has 2 atom stereocenters.